The zero-order valence-electron chi connectivity index (χ0n) is 10.4. The van der Waals surface area contributed by atoms with Gasteiger partial charge in [0, 0.05) is 18.1 Å². The molecule has 1 atom stereocenters. The number of nitrogens with zero attached hydrogens (tertiary/aromatic N) is 1. The number of hydrogen-bond acceptors (Lipinski definition) is 2. The van der Waals surface area contributed by atoms with Crippen molar-refractivity contribution in [3.05, 3.63) is 0 Å². The number of hydrogen-bond donors (Lipinski definition) is 1. The second kappa shape index (κ2) is 3.82. The van der Waals surface area contributed by atoms with Crippen LogP contribution in [0.3, 0.4) is 0 Å². The molecule has 0 spiro atoms. The Kier molecular flexibility index (Phi) is 3.27. The highest BCUT2D eigenvalue weighted by molar-refractivity contribution is 4.92. The molecule has 1 heterocycles. The van der Waals surface area contributed by atoms with Crippen LogP contribution >= 0.6 is 0 Å². The van der Waals surface area contributed by atoms with Gasteiger partial charge in [-0.25, -0.2) is 0 Å². The second-order valence-electron chi connectivity index (χ2n) is 6.11. The van der Waals surface area contributed by atoms with Gasteiger partial charge in [0.15, 0.2) is 0 Å². The van der Waals surface area contributed by atoms with Crippen molar-refractivity contribution >= 4 is 0 Å². The molecule has 0 saturated carbocycles. The van der Waals surface area contributed by atoms with Crippen LogP contribution in [0.4, 0.5) is 0 Å². The van der Waals surface area contributed by atoms with Gasteiger partial charge in [0.2, 0.25) is 0 Å². The first-order chi connectivity index (χ1) is 6.26. The minimum atomic E-state index is 0.224. The van der Waals surface area contributed by atoms with E-state index in [9.17, 15) is 0 Å². The third kappa shape index (κ3) is 2.48. The molecule has 1 rings (SSSR count). The summed E-state index contributed by atoms with van der Waals surface area (Å²) >= 11 is 0. The molecule has 1 saturated heterocycles. The van der Waals surface area contributed by atoms with Gasteiger partial charge in [0.25, 0.3) is 0 Å². The van der Waals surface area contributed by atoms with Gasteiger partial charge in [-0.3, -0.25) is 4.90 Å². The fraction of sp³-hybridized carbons (Fsp3) is 1.00. The van der Waals surface area contributed by atoms with Gasteiger partial charge in [0.05, 0.1) is 0 Å². The lowest BCUT2D eigenvalue weighted by atomic mass is 9.84. The maximum atomic E-state index is 6.01. The molecule has 0 bridgehead atoms. The first-order valence-electron chi connectivity index (χ1n) is 5.76. The van der Waals surface area contributed by atoms with Crippen LogP contribution in [0.15, 0.2) is 0 Å². The van der Waals surface area contributed by atoms with E-state index in [2.05, 4.69) is 39.5 Å². The average molecular weight is 198 g/mol. The Morgan fingerprint density at radius 3 is 2.36 bits per heavy atom. The van der Waals surface area contributed by atoms with Crippen molar-refractivity contribution in [1.29, 1.82) is 0 Å². The molecule has 1 unspecified atom stereocenters. The highest BCUT2D eigenvalue weighted by Gasteiger charge is 2.36. The maximum absolute atomic E-state index is 6.01. The van der Waals surface area contributed by atoms with Crippen molar-refractivity contribution < 1.29 is 0 Å². The normalized spacial score (nSPS) is 25.3. The molecule has 0 aromatic heterocycles. The van der Waals surface area contributed by atoms with E-state index in [0.29, 0.717) is 5.54 Å². The molecule has 2 N–H and O–H groups in total. The van der Waals surface area contributed by atoms with E-state index >= 15 is 0 Å². The van der Waals surface area contributed by atoms with Crippen molar-refractivity contribution in [3.63, 3.8) is 0 Å². The van der Waals surface area contributed by atoms with Crippen LogP contribution in [0.5, 0.6) is 0 Å². The Bertz CT molecular complexity index is 194. The molecule has 0 aromatic carbocycles. The molecular formula is C12H26N2. The summed E-state index contributed by atoms with van der Waals surface area (Å²) < 4.78 is 0. The lowest BCUT2D eigenvalue weighted by molar-refractivity contribution is 0.102. The molecular weight excluding hydrogens is 172 g/mol. The van der Waals surface area contributed by atoms with Crippen LogP contribution in [0, 0.1) is 5.41 Å². The molecule has 1 aliphatic rings. The fourth-order valence-corrected chi connectivity index (χ4v) is 2.09. The SMILES string of the molecule is CC(N)C(C)(C)CN1CCCC1(C)C. The van der Waals surface area contributed by atoms with E-state index < -0.39 is 0 Å². The van der Waals surface area contributed by atoms with Crippen LogP contribution in [-0.2, 0) is 0 Å². The second-order valence-corrected chi connectivity index (χ2v) is 6.11. The zero-order valence-corrected chi connectivity index (χ0v) is 10.4. The molecule has 0 aliphatic carbocycles. The lowest BCUT2D eigenvalue weighted by Crippen LogP contribution is -2.49. The summed E-state index contributed by atoms with van der Waals surface area (Å²) in [4.78, 5) is 2.59. The van der Waals surface area contributed by atoms with Gasteiger partial charge in [-0.15, -0.1) is 0 Å². The Morgan fingerprint density at radius 1 is 1.43 bits per heavy atom. The van der Waals surface area contributed by atoms with Crippen molar-refractivity contribution in [2.45, 2.75) is 59.0 Å². The summed E-state index contributed by atoms with van der Waals surface area (Å²) in [6, 6.07) is 0.263. The van der Waals surface area contributed by atoms with E-state index in [1.165, 1.54) is 19.4 Å². The van der Waals surface area contributed by atoms with Crippen LogP contribution in [0.25, 0.3) is 0 Å². The van der Waals surface area contributed by atoms with Gasteiger partial charge in [-0.2, -0.15) is 0 Å². The Hall–Kier alpha value is -0.0800. The van der Waals surface area contributed by atoms with Crippen LogP contribution in [-0.4, -0.2) is 29.6 Å². The van der Waals surface area contributed by atoms with Gasteiger partial charge in [-0.05, 0) is 45.6 Å². The summed E-state index contributed by atoms with van der Waals surface area (Å²) in [6.45, 7) is 13.7. The summed E-state index contributed by atoms with van der Waals surface area (Å²) in [5, 5.41) is 0. The van der Waals surface area contributed by atoms with Crippen molar-refractivity contribution in [2.24, 2.45) is 11.1 Å². The van der Waals surface area contributed by atoms with Gasteiger partial charge in [-0.1, -0.05) is 13.8 Å². The minimum absolute atomic E-state index is 0.224. The topological polar surface area (TPSA) is 29.3 Å². The highest BCUT2D eigenvalue weighted by Crippen LogP contribution is 2.32. The summed E-state index contributed by atoms with van der Waals surface area (Å²) in [5.74, 6) is 0. The zero-order chi connectivity index (χ0) is 11.0. The Morgan fingerprint density at radius 2 is 2.00 bits per heavy atom. The molecule has 14 heavy (non-hydrogen) atoms. The molecule has 2 heteroatoms. The Labute approximate surface area is 88.8 Å². The molecule has 1 aliphatic heterocycles. The molecule has 0 radical (unpaired) electrons. The number of nitrogens with two attached hydrogens (primary N) is 1. The molecule has 2 nitrogen and oxygen atoms in total. The predicted octanol–water partition coefficient (Wildman–Crippen LogP) is 2.23. The summed E-state index contributed by atoms with van der Waals surface area (Å²) in [6.07, 6.45) is 2.66. The molecule has 0 amide bonds. The van der Waals surface area contributed by atoms with E-state index in [-0.39, 0.29) is 11.5 Å². The fourth-order valence-electron chi connectivity index (χ4n) is 2.09. The predicted molar refractivity (Wildman–Crippen MR) is 62.3 cm³/mol. The monoisotopic (exact) mass is 198 g/mol. The number of likely N-dealkylation sites (tertiary alicyclic amines) is 1. The third-order valence-corrected chi connectivity index (χ3v) is 3.90. The van der Waals surface area contributed by atoms with Gasteiger partial charge in [0.1, 0.15) is 0 Å². The number of rotatable bonds is 3. The summed E-state index contributed by atoms with van der Waals surface area (Å²) in [5.41, 5.74) is 6.62. The van der Waals surface area contributed by atoms with Crippen LogP contribution in [0.1, 0.15) is 47.5 Å². The van der Waals surface area contributed by atoms with E-state index in [1.807, 2.05) is 0 Å². The Balaban J connectivity index is 2.60. The van der Waals surface area contributed by atoms with Crippen LogP contribution in [0.2, 0.25) is 0 Å². The molecule has 84 valence electrons. The van der Waals surface area contributed by atoms with E-state index in [1.54, 1.807) is 0 Å². The average Bonchev–Trinajstić information content (AvgIpc) is 2.30. The van der Waals surface area contributed by atoms with Crippen molar-refractivity contribution in [3.8, 4) is 0 Å². The standard InChI is InChI=1S/C12H26N2/c1-10(13)11(2,3)9-14-8-6-7-12(14,4)5/h10H,6-9,13H2,1-5H3. The minimum Gasteiger partial charge on any atom is -0.327 e. The largest absolute Gasteiger partial charge is 0.327 e. The van der Waals surface area contributed by atoms with Crippen molar-refractivity contribution in [2.75, 3.05) is 13.1 Å². The van der Waals surface area contributed by atoms with E-state index in [0.717, 1.165) is 6.54 Å². The molecule has 1 fully saturated rings. The first-order valence-corrected chi connectivity index (χ1v) is 5.76. The van der Waals surface area contributed by atoms with Gasteiger partial charge < -0.3 is 5.73 Å². The quantitative estimate of drug-likeness (QED) is 0.753. The van der Waals surface area contributed by atoms with Crippen LogP contribution < -0.4 is 5.73 Å². The molecule has 0 aromatic rings. The third-order valence-electron chi connectivity index (χ3n) is 3.90. The van der Waals surface area contributed by atoms with Crippen molar-refractivity contribution in [1.82, 2.24) is 4.90 Å². The first kappa shape index (κ1) is 12.0. The van der Waals surface area contributed by atoms with E-state index in [4.69, 9.17) is 5.73 Å². The smallest absolute Gasteiger partial charge is 0.0153 e. The highest BCUT2D eigenvalue weighted by atomic mass is 15.2. The summed E-state index contributed by atoms with van der Waals surface area (Å²) in [7, 11) is 0. The lowest BCUT2D eigenvalue weighted by Gasteiger charge is -2.40. The maximum Gasteiger partial charge on any atom is 0.0153 e. The van der Waals surface area contributed by atoms with Gasteiger partial charge >= 0.3 is 0 Å².